The van der Waals surface area contributed by atoms with Crippen LogP contribution in [0.5, 0.6) is 0 Å². The van der Waals surface area contributed by atoms with Gasteiger partial charge in [-0.25, -0.2) is 4.79 Å². The number of rotatable bonds is 16. The first-order chi connectivity index (χ1) is 16.6. The summed E-state index contributed by atoms with van der Waals surface area (Å²) in [5, 5.41) is 39.5. The van der Waals surface area contributed by atoms with Gasteiger partial charge in [0.05, 0.1) is 43.7 Å². The highest BCUT2D eigenvalue weighted by Crippen LogP contribution is 2.38. The monoisotopic (exact) mass is 500 g/mol. The summed E-state index contributed by atoms with van der Waals surface area (Å²) in [6.45, 7) is 6.07. The fourth-order valence-corrected chi connectivity index (χ4v) is 4.59. The van der Waals surface area contributed by atoms with Crippen LogP contribution in [0.4, 0.5) is 0 Å². The minimum Gasteiger partial charge on any atom is -0.481 e. The molecule has 0 unspecified atom stereocenters. The first-order valence-corrected chi connectivity index (χ1v) is 13.0. The first kappa shape index (κ1) is 29.7. The molecule has 202 valence electrons. The quantitative estimate of drug-likeness (QED) is 0.109. The highest BCUT2D eigenvalue weighted by molar-refractivity contribution is 5.82. The highest BCUT2D eigenvalue weighted by Gasteiger charge is 2.48. The van der Waals surface area contributed by atoms with E-state index in [1.54, 1.807) is 13.8 Å². The fraction of sp³-hybridized carbons (Fsp3) is 0.846. The molecular formula is C26H44O9. The maximum absolute atomic E-state index is 12.1. The lowest BCUT2D eigenvalue weighted by Crippen LogP contribution is -2.50. The number of unbranched alkanes of at least 4 members (excludes halogenated alkanes) is 5. The summed E-state index contributed by atoms with van der Waals surface area (Å²) in [7, 11) is 0. The molecule has 0 amide bonds. The Bertz CT molecular complexity index is 692. The number of carbonyl (C=O) groups excluding carboxylic acids is 1. The van der Waals surface area contributed by atoms with E-state index in [4.69, 9.17) is 19.3 Å². The minimum atomic E-state index is -1.06. The molecule has 8 atom stereocenters. The summed E-state index contributed by atoms with van der Waals surface area (Å²) in [4.78, 5) is 22.5. The Morgan fingerprint density at radius 2 is 1.69 bits per heavy atom. The van der Waals surface area contributed by atoms with Crippen LogP contribution in [0.3, 0.4) is 0 Å². The molecule has 35 heavy (non-hydrogen) atoms. The van der Waals surface area contributed by atoms with Crippen molar-refractivity contribution in [3.05, 3.63) is 11.6 Å². The van der Waals surface area contributed by atoms with E-state index in [1.807, 2.05) is 6.92 Å². The lowest BCUT2D eigenvalue weighted by Gasteiger charge is -2.38. The molecule has 2 saturated heterocycles. The van der Waals surface area contributed by atoms with Crippen molar-refractivity contribution in [2.24, 2.45) is 11.8 Å². The van der Waals surface area contributed by atoms with Gasteiger partial charge in [-0.1, -0.05) is 38.2 Å². The molecule has 0 spiro atoms. The molecular weight excluding hydrogens is 456 g/mol. The van der Waals surface area contributed by atoms with Gasteiger partial charge in [0.2, 0.25) is 0 Å². The topological polar surface area (TPSA) is 146 Å². The molecule has 0 aromatic carbocycles. The van der Waals surface area contributed by atoms with Crippen LogP contribution in [0.25, 0.3) is 0 Å². The standard InChI is InChI=1S/C26H44O9/c1-16(13-23(30)33-11-9-7-5-4-6-8-10-22(28)29)12-20-25(32)24(31)19(15-34-20)14-21-26(35-21)17(2)18(3)27/h13,17-21,24-27,31-32H,4-12,14-15H2,1-3H3,(H,28,29)/b16-13+/t17-,18-,19+,20-,21+,24+,25-,26+/m0/s1. The van der Waals surface area contributed by atoms with E-state index in [9.17, 15) is 24.9 Å². The summed E-state index contributed by atoms with van der Waals surface area (Å²) in [6.07, 6.45) is 4.61. The van der Waals surface area contributed by atoms with Crippen LogP contribution < -0.4 is 0 Å². The molecule has 2 fully saturated rings. The Kier molecular flexibility index (Phi) is 12.6. The SMILES string of the molecule is C/C(=C\C(=O)OCCCCCCCCC(=O)O)C[C@@H]1OC[C@@H](C[C@H]2O[C@@H]2[C@@H](C)[C@H](C)O)[C@@H](O)[C@H]1O. The van der Waals surface area contributed by atoms with Crippen molar-refractivity contribution in [1.29, 1.82) is 0 Å². The second kappa shape index (κ2) is 14.9. The van der Waals surface area contributed by atoms with Crippen LogP contribution in [0.1, 0.15) is 78.6 Å². The first-order valence-electron chi connectivity index (χ1n) is 13.0. The van der Waals surface area contributed by atoms with E-state index in [2.05, 4.69) is 0 Å². The summed E-state index contributed by atoms with van der Waals surface area (Å²) in [5.41, 5.74) is 0.708. The predicted molar refractivity (Wildman–Crippen MR) is 129 cm³/mol. The van der Waals surface area contributed by atoms with Gasteiger partial charge in [-0.2, -0.15) is 0 Å². The normalized spacial score (nSPS) is 30.5. The van der Waals surface area contributed by atoms with Gasteiger partial charge in [0.1, 0.15) is 6.10 Å². The zero-order chi connectivity index (χ0) is 26.0. The third kappa shape index (κ3) is 10.6. The van der Waals surface area contributed by atoms with E-state index in [0.29, 0.717) is 38.0 Å². The Morgan fingerprint density at radius 3 is 2.34 bits per heavy atom. The molecule has 2 rings (SSSR count). The van der Waals surface area contributed by atoms with Crippen molar-refractivity contribution in [2.75, 3.05) is 13.2 Å². The molecule has 9 nitrogen and oxygen atoms in total. The van der Waals surface area contributed by atoms with Crippen LogP contribution in [-0.4, -0.2) is 82.2 Å². The molecule has 0 aliphatic carbocycles. The molecule has 0 saturated carbocycles. The van der Waals surface area contributed by atoms with Crippen molar-refractivity contribution in [2.45, 2.75) is 115 Å². The van der Waals surface area contributed by atoms with Gasteiger partial charge < -0.3 is 34.6 Å². The third-order valence-electron chi connectivity index (χ3n) is 7.09. The summed E-state index contributed by atoms with van der Waals surface area (Å²) < 4.78 is 16.7. The van der Waals surface area contributed by atoms with Crippen molar-refractivity contribution in [3.63, 3.8) is 0 Å². The number of ether oxygens (including phenoxy) is 3. The number of carboxylic acids is 1. The molecule has 2 heterocycles. The largest absolute Gasteiger partial charge is 0.481 e. The number of epoxide rings is 1. The van der Waals surface area contributed by atoms with Gasteiger partial charge in [-0.15, -0.1) is 0 Å². The number of carbonyl (C=O) groups is 2. The molecule has 2 aliphatic heterocycles. The maximum atomic E-state index is 12.1. The van der Waals surface area contributed by atoms with E-state index in [-0.39, 0.29) is 30.5 Å². The molecule has 9 heteroatoms. The van der Waals surface area contributed by atoms with Crippen molar-refractivity contribution >= 4 is 11.9 Å². The number of carboxylic acid groups (broad SMARTS) is 1. The summed E-state index contributed by atoms with van der Waals surface area (Å²) in [6, 6.07) is 0. The molecule has 2 aliphatic rings. The molecule has 4 N–H and O–H groups in total. The Morgan fingerprint density at radius 1 is 1.03 bits per heavy atom. The number of aliphatic carboxylic acids is 1. The van der Waals surface area contributed by atoms with E-state index in [1.165, 1.54) is 6.08 Å². The van der Waals surface area contributed by atoms with Crippen LogP contribution in [0, 0.1) is 11.8 Å². The number of aliphatic hydroxyl groups excluding tert-OH is 3. The van der Waals surface area contributed by atoms with Gasteiger partial charge in [0, 0.05) is 24.3 Å². The predicted octanol–water partition coefficient (Wildman–Crippen LogP) is 2.59. The second-order valence-electron chi connectivity index (χ2n) is 10.2. The van der Waals surface area contributed by atoms with Gasteiger partial charge in [-0.05, 0) is 39.5 Å². The Balaban J connectivity index is 1.62. The lowest BCUT2D eigenvalue weighted by atomic mass is 9.85. The van der Waals surface area contributed by atoms with Gasteiger partial charge >= 0.3 is 11.9 Å². The van der Waals surface area contributed by atoms with Gasteiger partial charge in [0.25, 0.3) is 0 Å². The highest BCUT2D eigenvalue weighted by atomic mass is 16.6. The molecule has 0 aromatic rings. The van der Waals surface area contributed by atoms with Gasteiger partial charge in [0.15, 0.2) is 0 Å². The number of hydrogen-bond acceptors (Lipinski definition) is 8. The molecule has 0 bridgehead atoms. The minimum absolute atomic E-state index is 0.0160. The Hall–Kier alpha value is -1.52. The second-order valence-corrected chi connectivity index (χ2v) is 10.2. The smallest absolute Gasteiger partial charge is 0.330 e. The van der Waals surface area contributed by atoms with Crippen LogP contribution in [-0.2, 0) is 23.8 Å². The van der Waals surface area contributed by atoms with E-state index < -0.39 is 36.4 Å². The van der Waals surface area contributed by atoms with Crippen LogP contribution in [0.15, 0.2) is 11.6 Å². The van der Waals surface area contributed by atoms with Crippen molar-refractivity contribution in [1.82, 2.24) is 0 Å². The van der Waals surface area contributed by atoms with E-state index in [0.717, 1.165) is 32.1 Å². The zero-order valence-electron chi connectivity index (χ0n) is 21.3. The van der Waals surface area contributed by atoms with Crippen molar-refractivity contribution < 1.29 is 44.2 Å². The third-order valence-corrected chi connectivity index (χ3v) is 7.09. The number of hydrogen-bond donors (Lipinski definition) is 4. The zero-order valence-corrected chi connectivity index (χ0v) is 21.3. The molecule has 0 aromatic heterocycles. The lowest BCUT2D eigenvalue weighted by molar-refractivity contribution is -0.165. The number of esters is 1. The maximum Gasteiger partial charge on any atom is 0.330 e. The number of aliphatic hydroxyl groups is 3. The average Bonchev–Trinajstić information content (AvgIpc) is 3.55. The van der Waals surface area contributed by atoms with E-state index >= 15 is 0 Å². The van der Waals surface area contributed by atoms with Crippen LogP contribution in [0.2, 0.25) is 0 Å². The Labute approximate surface area is 208 Å². The van der Waals surface area contributed by atoms with Crippen LogP contribution >= 0.6 is 0 Å². The summed E-state index contributed by atoms with van der Waals surface area (Å²) >= 11 is 0. The summed E-state index contributed by atoms with van der Waals surface area (Å²) in [5.74, 6) is -1.42. The van der Waals surface area contributed by atoms with Crippen molar-refractivity contribution in [3.8, 4) is 0 Å². The average molecular weight is 501 g/mol. The fourth-order valence-electron chi connectivity index (χ4n) is 4.59. The molecule has 0 radical (unpaired) electrons. The van der Waals surface area contributed by atoms with Gasteiger partial charge in [-0.3, -0.25) is 4.79 Å².